The molecule has 0 fully saturated rings. The van der Waals surface area contributed by atoms with E-state index in [2.05, 4.69) is 47.5 Å². The third-order valence-corrected chi connectivity index (χ3v) is 5.27. The van der Waals surface area contributed by atoms with Crippen LogP contribution in [0.1, 0.15) is 43.4 Å². The molecule has 0 aliphatic heterocycles. The van der Waals surface area contributed by atoms with Crippen molar-refractivity contribution in [3.63, 3.8) is 0 Å². The summed E-state index contributed by atoms with van der Waals surface area (Å²) in [7, 11) is 3.97. The molecular formula is C25H32N4O2. The zero-order valence-corrected chi connectivity index (χ0v) is 18.7. The number of aryl methyl sites for hydroxylation is 1. The third-order valence-electron chi connectivity index (χ3n) is 5.27. The monoisotopic (exact) mass is 420 g/mol. The van der Waals surface area contributed by atoms with E-state index < -0.39 is 0 Å². The first-order valence-electron chi connectivity index (χ1n) is 10.7. The van der Waals surface area contributed by atoms with Gasteiger partial charge < -0.3 is 15.1 Å². The molecule has 2 amide bonds. The van der Waals surface area contributed by atoms with Crippen molar-refractivity contribution >= 4 is 17.5 Å². The van der Waals surface area contributed by atoms with E-state index in [0.29, 0.717) is 13.1 Å². The van der Waals surface area contributed by atoms with Gasteiger partial charge in [-0.3, -0.25) is 9.59 Å². The lowest BCUT2D eigenvalue weighted by molar-refractivity contribution is -0.125. The van der Waals surface area contributed by atoms with Gasteiger partial charge in [0, 0.05) is 31.6 Å². The van der Waals surface area contributed by atoms with Gasteiger partial charge in [-0.15, -0.1) is 0 Å². The van der Waals surface area contributed by atoms with Crippen LogP contribution in [0.4, 0.5) is 5.69 Å². The summed E-state index contributed by atoms with van der Waals surface area (Å²) in [6.45, 7) is 2.92. The Morgan fingerprint density at radius 1 is 1.03 bits per heavy atom. The number of nitriles is 1. The number of rotatable bonds is 11. The molecular weight excluding hydrogens is 388 g/mol. The highest BCUT2D eigenvalue weighted by Crippen LogP contribution is 2.19. The van der Waals surface area contributed by atoms with Crippen molar-refractivity contribution < 1.29 is 9.59 Å². The Labute approximate surface area is 185 Å². The highest BCUT2D eigenvalue weighted by atomic mass is 16.2. The second-order valence-corrected chi connectivity index (χ2v) is 7.67. The Morgan fingerprint density at radius 2 is 1.71 bits per heavy atom. The molecule has 0 spiro atoms. The predicted molar refractivity (Wildman–Crippen MR) is 124 cm³/mol. The SMILES string of the molecule is CCc1ccc(C(CNC(=O)CCC(=O)N(CCC#N)c2ccccc2)N(C)C)cc1. The fraction of sp³-hybridized carbons (Fsp3) is 0.400. The molecule has 164 valence electrons. The van der Waals surface area contributed by atoms with Crippen molar-refractivity contribution in [1.82, 2.24) is 10.2 Å². The Balaban J connectivity index is 1.91. The highest BCUT2D eigenvalue weighted by Gasteiger charge is 2.18. The van der Waals surface area contributed by atoms with Gasteiger partial charge in [-0.1, -0.05) is 49.4 Å². The number of carbonyl (C=O) groups is 2. The number of likely N-dealkylation sites (N-methyl/N-ethyl adjacent to an activating group) is 1. The highest BCUT2D eigenvalue weighted by molar-refractivity contribution is 5.95. The molecule has 2 rings (SSSR count). The van der Waals surface area contributed by atoms with Crippen LogP contribution in [0.25, 0.3) is 0 Å². The van der Waals surface area contributed by atoms with Crippen molar-refractivity contribution in [2.75, 3.05) is 32.1 Å². The third kappa shape index (κ3) is 7.54. The summed E-state index contributed by atoms with van der Waals surface area (Å²) in [5.74, 6) is -0.311. The molecule has 2 aromatic rings. The Kier molecular flexibility index (Phi) is 9.73. The van der Waals surface area contributed by atoms with Gasteiger partial charge in [0.1, 0.15) is 0 Å². The Bertz CT molecular complexity index is 873. The molecule has 0 heterocycles. The number of benzene rings is 2. The van der Waals surface area contributed by atoms with Crippen molar-refractivity contribution in [2.45, 2.75) is 38.6 Å². The summed E-state index contributed by atoms with van der Waals surface area (Å²) in [4.78, 5) is 28.8. The van der Waals surface area contributed by atoms with E-state index in [9.17, 15) is 9.59 Å². The largest absolute Gasteiger partial charge is 0.354 e. The second kappa shape index (κ2) is 12.5. The topological polar surface area (TPSA) is 76.4 Å². The maximum atomic E-state index is 12.7. The number of nitrogens with one attached hydrogen (secondary N) is 1. The fourth-order valence-electron chi connectivity index (χ4n) is 3.40. The Morgan fingerprint density at radius 3 is 2.29 bits per heavy atom. The molecule has 31 heavy (non-hydrogen) atoms. The van der Waals surface area contributed by atoms with E-state index in [1.807, 2.05) is 44.4 Å². The number of carbonyl (C=O) groups excluding carboxylic acids is 2. The summed E-state index contributed by atoms with van der Waals surface area (Å²) in [5.41, 5.74) is 3.17. The molecule has 1 N–H and O–H groups in total. The van der Waals surface area contributed by atoms with Crippen molar-refractivity contribution in [3.05, 3.63) is 65.7 Å². The number of hydrogen-bond donors (Lipinski definition) is 1. The van der Waals surface area contributed by atoms with Crippen LogP contribution in [0.3, 0.4) is 0 Å². The van der Waals surface area contributed by atoms with Gasteiger partial charge in [-0.05, 0) is 43.8 Å². The van der Waals surface area contributed by atoms with Gasteiger partial charge in [0.25, 0.3) is 0 Å². The number of anilines is 1. The van der Waals surface area contributed by atoms with Crippen molar-refractivity contribution in [2.24, 2.45) is 0 Å². The number of hydrogen-bond acceptors (Lipinski definition) is 4. The lowest BCUT2D eigenvalue weighted by Gasteiger charge is -2.25. The summed E-state index contributed by atoms with van der Waals surface area (Å²) >= 11 is 0. The van der Waals surface area contributed by atoms with Crippen LogP contribution in [0.15, 0.2) is 54.6 Å². The van der Waals surface area contributed by atoms with Gasteiger partial charge in [-0.25, -0.2) is 0 Å². The van der Waals surface area contributed by atoms with E-state index in [0.717, 1.165) is 17.7 Å². The predicted octanol–water partition coefficient (Wildman–Crippen LogP) is 3.69. The van der Waals surface area contributed by atoms with Gasteiger partial charge in [0.2, 0.25) is 11.8 Å². The standard InChI is InChI=1S/C25H32N4O2/c1-4-20-11-13-21(14-12-20)23(28(2)3)19-27-24(30)15-16-25(31)29(18-8-17-26)22-9-6-5-7-10-22/h5-7,9-14,23H,4,8,15-16,18-19H2,1-3H3,(H,27,30). The zero-order chi connectivity index (χ0) is 22.6. The summed E-state index contributed by atoms with van der Waals surface area (Å²) < 4.78 is 0. The molecule has 0 saturated heterocycles. The van der Waals surface area contributed by atoms with E-state index >= 15 is 0 Å². The van der Waals surface area contributed by atoms with Crippen LogP contribution >= 0.6 is 0 Å². The number of nitrogens with zero attached hydrogens (tertiary/aromatic N) is 3. The normalized spacial score (nSPS) is 11.6. The molecule has 6 nitrogen and oxygen atoms in total. The van der Waals surface area contributed by atoms with Crippen LogP contribution in [-0.2, 0) is 16.0 Å². The molecule has 1 unspecified atom stereocenters. The first-order valence-corrected chi connectivity index (χ1v) is 10.7. The minimum atomic E-state index is -0.157. The average molecular weight is 421 g/mol. The quantitative estimate of drug-likeness (QED) is 0.601. The molecule has 0 saturated carbocycles. The minimum Gasteiger partial charge on any atom is -0.354 e. The van der Waals surface area contributed by atoms with Gasteiger partial charge in [0.05, 0.1) is 18.5 Å². The number of para-hydroxylation sites is 1. The molecule has 1 atom stereocenters. The van der Waals surface area contributed by atoms with Crippen LogP contribution < -0.4 is 10.2 Å². The fourth-order valence-corrected chi connectivity index (χ4v) is 3.40. The van der Waals surface area contributed by atoms with Crippen LogP contribution in [0, 0.1) is 11.3 Å². The van der Waals surface area contributed by atoms with Crippen molar-refractivity contribution in [1.29, 1.82) is 5.26 Å². The minimum absolute atomic E-state index is 0.0574. The van der Waals surface area contributed by atoms with Gasteiger partial charge in [0.15, 0.2) is 0 Å². The first kappa shape index (κ1) is 24.1. The maximum absolute atomic E-state index is 12.7. The van der Waals surface area contributed by atoms with Gasteiger partial charge in [-0.2, -0.15) is 5.26 Å². The van der Waals surface area contributed by atoms with E-state index in [1.165, 1.54) is 5.56 Å². The zero-order valence-electron chi connectivity index (χ0n) is 18.7. The smallest absolute Gasteiger partial charge is 0.227 e. The molecule has 6 heteroatoms. The van der Waals surface area contributed by atoms with Crippen molar-refractivity contribution in [3.8, 4) is 6.07 Å². The van der Waals surface area contributed by atoms with Crippen LogP contribution in [0.5, 0.6) is 0 Å². The van der Waals surface area contributed by atoms with E-state index in [1.54, 1.807) is 4.90 Å². The van der Waals surface area contributed by atoms with E-state index in [-0.39, 0.29) is 37.1 Å². The molecule has 0 radical (unpaired) electrons. The summed E-state index contributed by atoms with van der Waals surface area (Å²) in [6, 6.07) is 19.8. The number of amides is 2. The van der Waals surface area contributed by atoms with Gasteiger partial charge >= 0.3 is 0 Å². The summed E-state index contributed by atoms with van der Waals surface area (Å²) in [5, 5.41) is 11.9. The average Bonchev–Trinajstić information content (AvgIpc) is 2.79. The molecule has 2 aromatic carbocycles. The Hall–Kier alpha value is -3.17. The molecule has 0 aromatic heterocycles. The summed E-state index contributed by atoms with van der Waals surface area (Å²) in [6.07, 6.45) is 1.45. The second-order valence-electron chi connectivity index (χ2n) is 7.67. The maximum Gasteiger partial charge on any atom is 0.227 e. The first-order chi connectivity index (χ1) is 15.0. The molecule has 0 aliphatic carbocycles. The van der Waals surface area contributed by atoms with Crippen LogP contribution in [-0.4, -0.2) is 43.9 Å². The lowest BCUT2D eigenvalue weighted by atomic mass is 10.0. The van der Waals surface area contributed by atoms with Crippen LogP contribution in [0.2, 0.25) is 0 Å². The molecule has 0 bridgehead atoms. The molecule has 0 aliphatic rings. The van der Waals surface area contributed by atoms with E-state index in [4.69, 9.17) is 5.26 Å². The lowest BCUT2D eigenvalue weighted by Crippen LogP contribution is -2.36.